The van der Waals surface area contributed by atoms with E-state index in [0.717, 1.165) is 6.42 Å². The number of urea groups is 1. The average Bonchev–Trinajstić information content (AvgIpc) is 2.41. The van der Waals surface area contributed by atoms with Crippen LogP contribution in [0.5, 0.6) is 0 Å². The van der Waals surface area contributed by atoms with E-state index >= 15 is 0 Å². The molecule has 0 saturated heterocycles. The van der Waals surface area contributed by atoms with Crippen molar-refractivity contribution in [3.8, 4) is 0 Å². The van der Waals surface area contributed by atoms with E-state index in [4.69, 9.17) is 0 Å². The Hall–Kier alpha value is -1.88. The molecule has 1 unspecified atom stereocenters. The summed E-state index contributed by atoms with van der Waals surface area (Å²) in [6.07, 6.45) is 0.853. The van der Waals surface area contributed by atoms with Crippen molar-refractivity contribution in [2.24, 2.45) is 0 Å². The Morgan fingerprint density at radius 1 is 1.25 bits per heavy atom. The van der Waals surface area contributed by atoms with Crippen LogP contribution in [0.3, 0.4) is 0 Å². The van der Waals surface area contributed by atoms with Crippen LogP contribution in [-0.2, 0) is 11.2 Å². The Balaban J connectivity index is 2.32. The van der Waals surface area contributed by atoms with E-state index in [1.807, 2.05) is 12.1 Å². The van der Waals surface area contributed by atoms with Gasteiger partial charge in [0.1, 0.15) is 0 Å². The highest BCUT2D eigenvalue weighted by Crippen LogP contribution is 2.06. The van der Waals surface area contributed by atoms with Crippen LogP contribution >= 0.6 is 0 Å². The minimum atomic E-state index is -0.454. The van der Waals surface area contributed by atoms with Crippen molar-refractivity contribution in [1.29, 1.82) is 0 Å². The SMILES string of the molecule is CCNC(=O)NC(=O)C(C)NCCc1ccccc1C. The maximum Gasteiger partial charge on any atom is 0.321 e. The van der Waals surface area contributed by atoms with Gasteiger partial charge in [-0.3, -0.25) is 10.1 Å². The number of aryl methyl sites for hydroxylation is 1. The van der Waals surface area contributed by atoms with Crippen LogP contribution < -0.4 is 16.0 Å². The summed E-state index contributed by atoms with van der Waals surface area (Å²) in [5, 5.41) is 7.92. The van der Waals surface area contributed by atoms with Gasteiger partial charge >= 0.3 is 6.03 Å². The van der Waals surface area contributed by atoms with Crippen molar-refractivity contribution >= 4 is 11.9 Å². The second-order valence-electron chi connectivity index (χ2n) is 4.70. The summed E-state index contributed by atoms with van der Waals surface area (Å²) in [6, 6.07) is 7.31. The number of carbonyl (C=O) groups excluding carboxylic acids is 2. The molecule has 0 saturated carbocycles. The van der Waals surface area contributed by atoms with Gasteiger partial charge in [-0.05, 0) is 44.9 Å². The molecule has 0 radical (unpaired) electrons. The number of benzene rings is 1. The Bertz CT molecular complexity index is 460. The highest BCUT2D eigenvalue weighted by Gasteiger charge is 2.14. The van der Waals surface area contributed by atoms with Crippen molar-refractivity contribution in [3.63, 3.8) is 0 Å². The zero-order valence-electron chi connectivity index (χ0n) is 12.3. The van der Waals surface area contributed by atoms with Gasteiger partial charge in [0, 0.05) is 6.54 Å². The molecule has 3 N–H and O–H groups in total. The summed E-state index contributed by atoms with van der Waals surface area (Å²) in [4.78, 5) is 22.9. The minimum absolute atomic E-state index is 0.319. The molecule has 0 heterocycles. The van der Waals surface area contributed by atoms with Crippen molar-refractivity contribution in [2.75, 3.05) is 13.1 Å². The van der Waals surface area contributed by atoms with Gasteiger partial charge in [-0.25, -0.2) is 4.79 Å². The minimum Gasteiger partial charge on any atom is -0.338 e. The second kappa shape index (κ2) is 8.32. The van der Waals surface area contributed by atoms with Gasteiger partial charge in [0.05, 0.1) is 6.04 Å². The van der Waals surface area contributed by atoms with Gasteiger partial charge in [-0.15, -0.1) is 0 Å². The molecule has 0 aliphatic rings. The summed E-state index contributed by atoms with van der Waals surface area (Å²) in [7, 11) is 0. The number of imide groups is 1. The number of hydrogen-bond donors (Lipinski definition) is 3. The molecule has 5 heteroatoms. The van der Waals surface area contributed by atoms with Crippen molar-refractivity contribution in [1.82, 2.24) is 16.0 Å². The van der Waals surface area contributed by atoms with Crippen LogP contribution in [0.2, 0.25) is 0 Å². The number of amides is 3. The summed E-state index contributed by atoms with van der Waals surface area (Å²) < 4.78 is 0. The monoisotopic (exact) mass is 277 g/mol. The maximum absolute atomic E-state index is 11.7. The van der Waals surface area contributed by atoms with Gasteiger partial charge in [-0.2, -0.15) is 0 Å². The molecule has 0 spiro atoms. The molecule has 3 amide bonds. The number of carbonyl (C=O) groups is 2. The molecule has 110 valence electrons. The summed E-state index contributed by atoms with van der Waals surface area (Å²) >= 11 is 0. The zero-order valence-corrected chi connectivity index (χ0v) is 12.3. The van der Waals surface area contributed by atoms with E-state index in [1.54, 1.807) is 13.8 Å². The molecule has 1 aromatic rings. The Labute approximate surface area is 120 Å². The van der Waals surface area contributed by atoms with Crippen LogP contribution in [0.1, 0.15) is 25.0 Å². The van der Waals surface area contributed by atoms with Gasteiger partial charge in [-0.1, -0.05) is 24.3 Å². The zero-order chi connectivity index (χ0) is 15.0. The fourth-order valence-corrected chi connectivity index (χ4v) is 1.83. The molecule has 20 heavy (non-hydrogen) atoms. The summed E-state index contributed by atoms with van der Waals surface area (Å²) in [5.41, 5.74) is 2.50. The Morgan fingerprint density at radius 3 is 2.60 bits per heavy atom. The first-order chi connectivity index (χ1) is 9.54. The molecule has 0 aromatic heterocycles. The molecule has 5 nitrogen and oxygen atoms in total. The van der Waals surface area contributed by atoms with Crippen molar-refractivity contribution in [3.05, 3.63) is 35.4 Å². The van der Waals surface area contributed by atoms with Crippen LogP contribution in [0, 0.1) is 6.92 Å². The number of hydrogen-bond acceptors (Lipinski definition) is 3. The summed E-state index contributed by atoms with van der Waals surface area (Å²) in [6.45, 7) is 6.80. The third-order valence-electron chi connectivity index (χ3n) is 3.07. The summed E-state index contributed by atoms with van der Waals surface area (Å²) in [5.74, 6) is -0.319. The first-order valence-electron chi connectivity index (χ1n) is 6.91. The topological polar surface area (TPSA) is 70.2 Å². The van der Waals surface area contributed by atoms with E-state index in [2.05, 4.69) is 35.0 Å². The highest BCUT2D eigenvalue weighted by atomic mass is 16.2. The van der Waals surface area contributed by atoms with E-state index < -0.39 is 12.1 Å². The van der Waals surface area contributed by atoms with E-state index in [1.165, 1.54) is 11.1 Å². The van der Waals surface area contributed by atoms with Crippen molar-refractivity contribution < 1.29 is 9.59 Å². The standard InChI is InChI=1S/C15H23N3O2/c1-4-16-15(20)18-14(19)12(3)17-10-9-13-8-6-5-7-11(13)2/h5-8,12,17H,4,9-10H2,1-3H3,(H2,16,18,19,20). The van der Waals surface area contributed by atoms with E-state index in [-0.39, 0.29) is 5.91 Å². The van der Waals surface area contributed by atoms with Gasteiger partial charge < -0.3 is 10.6 Å². The Kier molecular flexibility index (Phi) is 6.73. The molecule has 0 aliphatic heterocycles. The molecule has 1 atom stereocenters. The third-order valence-corrected chi connectivity index (χ3v) is 3.07. The lowest BCUT2D eigenvalue weighted by molar-refractivity contribution is -0.121. The van der Waals surface area contributed by atoms with Crippen LogP contribution in [-0.4, -0.2) is 31.1 Å². The fraction of sp³-hybridized carbons (Fsp3) is 0.467. The molecule has 0 aliphatic carbocycles. The predicted octanol–water partition coefficient (Wildman–Crippen LogP) is 1.36. The lowest BCUT2D eigenvalue weighted by Crippen LogP contribution is -2.48. The van der Waals surface area contributed by atoms with E-state index in [9.17, 15) is 9.59 Å². The normalized spacial score (nSPS) is 11.8. The molecular weight excluding hydrogens is 254 g/mol. The smallest absolute Gasteiger partial charge is 0.321 e. The highest BCUT2D eigenvalue weighted by molar-refractivity contribution is 5.96. The maximum atomic E-state index is 11.7. The lowest BCUT2D eigenvalue weighted by Gasteiger charge is -2.14. The molecular formula is C15H23N3O2. The first-order valence-corrected chi connectivity index (χ1v) is 6.91. The molecule has 1 rings (SSSR count). The quantitative estimate of drug-likeness (QED) is 0.735. The number of rotatable bonds is 6. The predicted molar refractivity (Wildman–Crippen MR) is 79.6 cm³/mol. The second-order valence-corrected chi connectivity index (χ2v) is 4.70. The molecule has 1 aromatic carbocycles. The molecule has 0 bridgehead atoms. The molecule has 0 fully saturated rings. The largest absolute Gasteiger partial charge is 0.338 e. The third kappa shape index (κ3) is 5.40. The Morgan fingerprint density at radius 2 is 1.95 bits per heavy atom. The lowest BCUT2D eigenvalue weighted by atomic mass is 10.1. The van der Waals surface area contributed by atoms with Crippen LogP contribution in [0.15, 0.2) is 24.3 Å². The van der Waals surface area contributed by atoms with Crippen molar-refractivity contribution in [2.45, 2.75) is 33.2 Å². The number of nitrogens with one attached hydrogen (secondary N) is 3. The average molecular weight is 277 g/mol. The van der Waals surface area contributed by atoms with Crippen LogP contribution in [0.25, 0.3) is 0 Å². The van der Waals surface area contributed by atoms with E-state index in [0.29, 0.717) is 13.1 Å². The first kappa shape index (κ1) is 16.2. The van der Waals surface area contributed by atoms with Crippen LogP contribution in [0.4, 0.5) is 4.79 Å². The van der Waals surface area contributed by atoms with Gasteiger partial charge in [0.2, 0.25) is 5.91 Å². The van der Waals surface area contributed by atoms with Gasteiger partial charge in [0.15, 0.2) is 0 Å². The van der Waals surface area contributed by atoms with Gasteiger partial charge in [0.25, 0.3) is 0 Å². The fourth-order valence-electron chi connectivity index (χ4n) is 1.83.